The van der Waals surface area contributed by atoms with Crippen LogP contribution < -0.4 is 5.32 Å². The first kappa shape index (κ1) is 13.5. The molecule has 2 aromatic heterocycles. The summed E-state index contributed by atoms with van der Waals surface area (Å²) in [5, 5.41) is 5.37. The number of rotatable bonds is 5. The molecule has 0 saturated heterocycles. The molecule has 1 N–H and O–H groups in total. The monoisotopic (exact) mass is 325 g/mol. The number of anilines is 1. The molecule has 0 aliphatic carbocycles. The number of aromatic nitrogens is 2. The summed E-state index contributed by atoms with van der Waals surface area (Å²) in [5.41, 5.74) is 1.07. The van der Waals surface area contributed by atoms with Crippen molar-refractivity contribution in [3.05, 3.63) is 27.7 Å². The highest BCUT2D eigenvalue weighted by Gasteiger charge is 2.10. The van der Waals surface area contributed by atoms with Gasteiger partial charge in [-0.15, -0.1) is 11.3 Å². The van der Waals surface area contributed by atoms with E-state index in [9.17, 15) is 0 Å². The van der Waals surface area contributed by atoms with Crippen molar-refractivity contribution in [1.29, 1.82) is 0 Å². The van der Waals surface area contributed by atoms with Crippen LogP contribution in [0.4, 0.5) is 5.82 Å². The van der Waals surface area contributed by atoms with E-state index in [1.807, 2.05) is 17.5 Å². The van der Waals surface area contributed by atoms with Gasteiger partial charge in [-0.3, -0.25) is 0 Å². The fourth-order valence-electron chi connectivity index (χ4n) is 1.58. The van der Waals surface area contributed by atoms with Crippen molar-refractivity contribution in [3.63, 3.8) is 0 Å². The molecule has 96 valence electrons. The number of hydrogen-bond donors (Lipinski definition) is 1. The predicted octanol–water partition coefficient (Wildman–Crippen LogP) is 4.35. The van der Waals surface area contributed by atoms with Crippen molar-refractivity contribution in [1.82, 2.24) is 9.97 Å². The maximum absolute atomic E-state index is 4.59. The van der Waals surface area contributed by atoms with E-state index in [0.29, 0.717) is 0 Å². The summed E-state index contributed by atoms with van der Waals surface area (Å²) >= 11 is 5.19. The number of halogens is 1. The van der Waals surface area contributed by atoms with Gasteiger partial charge in [-0.25, -0.2) is 9.97 Å². The Labute approximate surface area is 120 Å². The summed E-state index contributed by atoms with van der Waals surface area (Å²) in [6, 6.07) is 4.06. The Balaban J connectivity index is 2.38. The third-order valence-corrected chi connectivity index (χ3v) is 4.35. The molecule has 2 rings (SSSR count). The summed E-state index contributed by atoms with van der Waals surface area (Å²) in [5.74, 6) is 1.72. The second-order valence-electron chi connectivity index (χ2n) is 3.95. The van der Waals surface area contributed by atoms with Crippen LogP contribution in [0.15, 0.2) is 22.0 Å². The molecule has 2 aromatic rings. The second kappa shape index (κ2) is 6.29. The normalized spacial score (nSPS) is 10.6. The van der Waals surface area contributed by atoms with Crippen molar-refractivity contribution in [2.45, 2.75) is 26.7 Å². The number of hydrogen-bond acceptors (Lipinski definition) is 4. The predicted molar refractivity (Wildman–Crippen MR) is 81.2 cm³/mol. The van der Waals surface area contributed by atoms with E-state index < -0.39 is 0 Å². The fraction of sp³-hybridized carbons (Fsp3) is 0.385. The summed E-state index contributed by atoms with van der Waals surface area (Å²) in [6.45, 7) is 5.19. The van der Waals surface area contributed by atoms with Gasteiger partial charge in [-0.2, -0.15) is 0 Å². The van der Waals surface area contributed by atoms with Crippen LogP contribution in [0.5, 0.6) is 0 Å². The minimum absolute atomic E-state index is 0.801. The lowest BCUT2D eigenvalue weighted by molar-refractivity contribution is 0.952. The summed E-state index contributed by atoms with van der Waals surface area (Å²) in [4.78, 5) is 10.3. The van der Waals surface area contributed by atoms with Gasteiger partial charge in [0, 0.05) is 22.8 Å². The number of thiophene rings is 1. The Morgan fingerprint density at radius 3 is 2.78 bits per heavy atom. The summed E-state index contributed by atoms with van der Waals surface area (Å²) < 4.78 is 1.06. The Hall–Kier alpha value is -0.940. The number of nitrogens with one attached hydrogen (secondary N) is 1. The Morgan fingerprint density at radius 1 is 1.33 bits per heavy atom. The van der Waals surface area contributed by atoms with Crippen molar-refractivity contribution in [2.24, 2.45) is 0 Å². The van der Waals surface area contributed by atoms with Crippen LogP contribution in [0.3, 0.4) is 0 Å². The Kier molecular flexibility index (Phi) is 4.72. The van der Waals surface area contributed by atoms with E-state index in [0.717, 1.165) is 46.1 Å². The molecule has 0 unspecified atom stereocenters. The Bertz CT molecular complexity index is 525. The fourth-order valence-corrected chi connectivity index (χ4v) is 3.06. The van der Waals surface area contributed by atoms with Crippen LogP contribution >= 0.6 is 27.3 Å². The minimum atomic E-state index is 0.801. The average molecular weight is 326 g/mol. The SMILES string of the molecule is CCCNc1cc(CC)nc(-c2sccc2Br)n1. The van der Waals surface area contributed by atoms with Gasteiger partial charge in [0.1, 0.15) is 5.82 Å². The van der Waals surface area contributed by atoms with Gasteiger partial charge < -0.3 is 5.32 Å². The lowest BCUT2D eigenvalue weighted by Crippen LogP contribution is -2.05. The van der Waals surface area contributed by atoms with Crippen molar-refractivity contribution in [3.8, 4) is 10.7 Å². The largest absolute Gasteiger partial charge is 0.370 e. The maximum Gasteiger partial charge on any atom is 0.173 e. The molecule has 5 heteroatoms. The lowest BCUT2D eigenvalue weighted by atomic mass is 10.3. The van der Waals surface area contributed by atoms with Gasteiger partial charge in [0.05, 0.1) is 4.88 Å². The highest BCUT2D eigenvalue weighted by Crippen LogP contribution is 2.31. The molecule has 0 aromatic carbocycles. The first-order valence-corrected chi connectivity index (χ1v) is 7.77. The third-order valence-electron chi connectivity index (χ3n) is 2.52. The molecular weight excluding hydrogens is 310 g/mol. The van der Waals surface area contributed by atoms with E-state index in [1.54, 1.807) is 11.3 Å². The molecular formula is C13H16BrN3S. The molecule has 0 amide bonds. The molecule has 0 aliphatic heterocycles. The minimum Gasteiger partial charge on any atom is -0.370 e. The summed E-state index contributed by atoms with van der Waals surface area (Å²) in [7, 11) is 0. The van der Waals surface area contributed by atoms with E-state index in [-0.39, 0.29) is 0 Å². The van der Waals surface area contributed by atoms with Crippen LogP contribution in [0, 0.1) is 0 Å². The van der Waals surface area contributed by atoms with Crippen LogP contribution in [-0.4, -0.2) is 16.5 Å². The average Bonchev–Trinajstić information content (AvgIpc) is 2.82. The zero-order valence-electron chi connectivity index (χ0n) is 10.5. The van der Waals surface area contributed by atoms with Crippen LogP contribution in [0.2, 0.25) is 0 Å². The van der Waals surface area contributed by atoms with Gasteiger partial charge in [0.2, 0.25) is 0 Å². The lowest BCUT2D eigenvalue weighted by Gasteiger charge is -2.08. The first-order chi connectivity index (χ1) is 8.74. The van der Waals surface area contributed by atoms with Crippen LogP contribution in [-0.2, 0) is 6.42 Å². The Morgan fingerprint density at radius 2 is 2.17 bits per heavy atom. The summed E-state index contributed by atoms with van der Waals surface area (Å²) in [6.07, 6.45) is 2.00. The van der Waals surface area contributed by atoms with Gasteiger partial charge in [0.15, 0.2) is 5.82 Å². The van der Waals surface area contributed by atoms with Crippen molar-refractivity contribution >= 4 is 33.1 Å². The maximum atomic E-state index is 4.59. The smallest absolute Gasteiger partial charge is 0.173 e. The molecule has 3 nitrogen and oxygen atoms in total. The zero-order chi connectivity index (χ0) is 13.0. The number of nitrogens with zero attached hydrogens (tertiary/aromatic N) is 2. The highest BCUT2D eigenvalue weighted by molar-refractivity contribution is 9.10. The topological polar surface area (TPSA) is 37.8 Å². The van der Waals surface area contributed by atoms with E-state index in [1.165, 1.54) is 0 Å². The molecule has 0 spiro atoms. The molecule has 2 heterocycles. The third kappa shape index (κ3) is 3.09. The molecule has 0 bridgehead atoms. The first-order valence-electron chi connectivity index (χ1n) is 6.09. The van der Waals surface area contributed by atoms with E-state index in [4.69, 9.17) is 0 Å². The quantitative estimate of drug-likeness (QED) is 0.887. The van der Waals surface area contributed by atoms with Gasteiger partial charge in [0.25, 0.3) is 0 Å². The van der Waals surface area contributed by atoms with Crippen LogP contribution in [0.25, 0.3) is 10.7 Å². The molecule has 0 atom stereocenters. The van der Waals surface area contributed by atoms with Crippen LogP contribution in [0.1, 0.15) is 26.0 Å². The van der Waals surface area contributed by atoms with Crippen molar-refractivity contribution in [2.75, 3.05) is 11.9 Å². The van der Waals surface area contributed by atoms with Gasteiger partial charge >= 0.3 is 0 Å². The molecule has 0 radical (unpaired) electrons. The molecule has 0 saturated carbocycles. The molecule has 0 aliphatic rings. The van der Waals surface area contributed by atoms with Gasteiger partial charge in [-0.05, 0) is 40.2 Å². The highest BCUT2D eigenvalue weighted by atomic mass is 79.9. The van der Waals surface area contributed by atoms with E-state index >= 15 is 0 Å². The molecule has 0 fully saturated rings. The van der Waals surface area contributed by atoms with E-state index in [2.05, 4.69) is 45.1 Å². The second-order valence-corrected chi connectivity index (χ2v) is 5.72. The number of aryl methyl sites for hydroxylation is 1. The van der Waals surface area contributed by atoms with Crippen molar-refractivity contribution < 1.29 is 0 Å². The van der Waals surface area contributed by atoms with Gasteiger partial charge in [-0.1, -0.05) is 13.8 Å². The standard InChI is InChI=1S/C13H16BrN3S/c1-3-6-15-11-8-9(4-2)16-13(17-11)12-10(14)5-7-18-12/h5,7-8H,3-4,6H2,1-2H3,(H,15,16,17). The molecule has 18 heavy (non-hydrogen) atoms. The zero-order valence-corrected chi connectivity index (χ0v) is 12.9.